The molecule has 3 amide bonds. The van der Waals surface area contributed by atoms with Crippen molar-refractivity contribution in [3.63, 3.8) is 0 Å². The summed E-state index contributed by atoms with van der Waals surface area (Å²) in [6.07, 6.45) is 1.50. The van der Waals surface area contributed by atoms with Gasteiger partial charge in [-0.3, -0.25) is 24.2 Å². The second-order valence-electron chi connectivity index (χ2n) is 9.26. The van der Waals surface area contributed by atoms with Gasteiger partial charge >= 0.3 is 11.9 Å². The molecule has 4 atom stereocenters. The molecule has 1 aromatic heterocycles. The van der Waals surface area contributed by atoms with Gasteiger partial charge in [0.25, 0.3) is 0 Å². The van der Waals surface area contributed by atoms with E-state index in [1.54, 1.807) is 6.20 Å². The normalized spacial score (nSPS) is 13.8. The summed E-state index contributed by atoms with van der Waals surface area (Å²) in [7, 11) is 0. The maximum Gasteiger partial charge on any atom is 0.326 e. The summed E-state index contributed by atoms with van der Waals surface area (Å²) in [6.45, 7) is 0.165. The first-order valence-electron chi connectivity index (χ1n) is 12.8. The second kappa shape index (κ2) is 16.1. The number of para-hydroxylation sites is 1. The van der Waals surface area contributed by atoms with Gasteiger partial charge in [-0.05, 0) is 30.9 Å². The molecule has 1 aromatic carbocycles. The van der Waals surface area contributed by atoms with Crippen LogP contribution in [0.2, 0.25) is 0 Å². The summed E-state index contributed by atoms with van der Waals surface area (Å²) >= 11 is 4.13. The Morgan fingerprint density at radius 2 is 1.56 bits per heavy atom. The van der Waals surface area contributed by atoms with Crippen LogP contribution in [0.15, 0.2) is 35.5 Å². The average molecular weight is 593 g/mol. The number of carbonyl (C=O) groups excluding carboxylic acids is 3. The number of carboxylic acids is 2. The Morgan fingerprint density at radius 1 is 0.927 bits per heavy atom. The highest BCUT2D eigenvalue weighted by Gasteiger charge is 2.30. The average Bonchev–Trinajstić information content (AvgIpc) is 3.33. The maximum absolute atomic E-state index is 13.4. The van der Waals surface area contributed by atoms with Crippen molar-refractivity contribution < 1.29 is 34.2 Å². The molecule has 0 aliphatic heterocycles. The van der Waals surface area contributed by atoms with Crippen LogP contribution in [0.1, 0.15) is 31.2 Å². The third kappa shape index (κ3) is 10.6. The van der Waals surface area contributed by atoms with Crippen molar-refractivity contribution in [3.05, 3.63) is 36.0 Å². The lowest BCUT2D eigenvalue weighted by molar-refractivity contribution is -0.142. The molecule has 2 rings (SSSR count). The van der Waals surface area contributed by atoms with E-state index in [4.69, 9.17) is 22.3 Å². The van der Waals surface area contributed by atoms with Crippen LogP contribution >= 0.6 is 12.6 Å². The zero-order chi connectivity index (χ0) is 30.5. The molecule has 41 heavy (non-hydrogen) atoms. The molecule has 0 aliphatic carbocycles. The molecule has 0 fully saturated rings. The summed E-state index contributed by atoms with van der Waals surface area (Å²) in [5, 5.41) is 26.6. The van der Waals surface area contributed by atoms with E-state index in [0.717, 1.165) is 10.9 Å². The molecule has 1 heterocycles. The highest BCUT2D eigenvalue weighted by Crippen LogP contribution is 2.19. The lowest BCUT2D eigenvalue weighted by atomic mass is 10.0. The van der Waals surface area contributed by atoms with E-state index in [-0.39, 0.29) is 50.4 Å². The fraction of sp³-hybridized carbons (Fsp3) is 0.440. The molecule has 0 aliphatic rings. The predicted octanol–water partition coefficient (Wildman–Crippen LogP) is -1.58. The van der Waals surface area contributed by atoms with E-state index in [1.165, 1.54) is 0 Å². The number of hydrogen-bond acceptors (Lipinski definition) is 8. The Bertz CT molecular complexity index is 1260. The van der Waals surface area contributed by atoms with E-state index >= 15 is 0 Å². The molecule has 224 valence electrons. The molecule has 0 saturated carbocycles. The van der Waals surface area contributed by atoms with Crippen LogP contribution < -0.4 is 33.2 Å². The molecule has 0 saturated heterocycles. The zero-order valence-corrected chi connectivity index (χ0v) is 23.1. The smallest absolute Gasteiger partial charge is 0.326 e. The fourth-order valence-electron chi connectivity index (χ4n) is 3.92. The SMILES string of the molecule is NC(N)=NCCCC(NC(=O)C(CS)NC(=O)C(Cc1c[nH]c2ccccc12)NC(=O)C(N)CCC(=O)O)C(=O)O. The van der Waals surface area contributed by atoms with Crippen LogP contribution in [0.25, 0.3) is 10.9 Å². The Kier molecular flexibility index (Phi) is 12.9. The first-order valence-corrected chi connectivity index (χ1v) is 13.4. The minimum Gasteiger partial charge on any atom is -0.481 e. The van der Waals surface area contributed by atoms with E-state index < -0.39 is 53.8 Å². The van der Waals surface area contributed by atoms with Crippen molar-refractivity contribution in [1.29, 1.82) is 0 Å². The monoisotopic (exact) mass is 592 g/mol. The van der Waals surface area contributed by atoms with Gasteiger partial charge in [0.2, 0.25) is 17.7 Å². The number of rotatable bonds is 17. The quantitative estimate of drug-likeness (QED) is 0.0436. The van der Waals surface area contributed by atoms with Gasteiger partial charge < -0.3 is 48.3 Å². The van der Waals surface area contributed by atoms with Gasteiger partial charge in [-0.15, -0.1) is 0 Å². The zero-order valence-electron chi connectivity index (χ0n) is 22.2. The van der Waals surface area contributed by atoms with Crippen molar-refractivity contribution in [3.8, 4) is 0 Å². The summed E-state index contributed by atoms with van der Waals surface area (Å²) in [5.74, 6) is -5.02. The summed E-state index contributed by atoms with van der Waals surface area (Å²) in [6, 6.07) is 2.40. The van der Waals surface area contributed by atoms with Gasteiger partial charge in [-0.1, -0.05) is 18.2 Å². The Labute approximate surface area is 241 Å². The maximum atomic E-state index is 13.4. The molecular weight excluding hydrogens is 556 g/mol. The third-order valence-electron chi connectivity index (χ3n) is 6.11. The summed E-state index contributed by atoms with van der Waals surface area (Å²) in [5.41, 5.74) is 17.8. The third-order valence-corrected chi connectivity index (χ3v) is 6.48. The van der Waals surface area contributed by atoms with Crippen LogP contribution in [0.4, 0.5) is 0 Å². The number of nitrogens with one attached hydrogen (secondary N) is 4. The molecule has 16 heteroatoms. The van der Waals surface area contributed by atoms with E-state index in [9.17, 15) is 29.1 Å². The highest BCUT2D eigenvalue weighted by molar-refractivity contribution is 7.80. The van der Waals surface area contributed by atoms with Gasteiger partial charge in [0.15, 0.2) is 5.96 Å². The number of carboxylic acid groups (broad SMARTS) is 2. The number of H-pyrrole nitrogens is 1. The number of aliphatic imine (C=N–C) groups is 1. The van der Waals surface area contributed by atoms with Crippen LogP contribution in [0.5, 0.6) is 0 Å². The topological polar surface area (TPSA) is 268 Å². The summed E-state index contributed by atoms with van der Waals surface area (Å²) in [4.78, 5) is 68.4. The van der Waals surface area contributed by atoms with Crippen molar-refractivity contribution in [1.82, 2.24) is 20.9 Å². The van der Waals surface area contributed by atoms with Crippen LogP contribution in [-0.2, 0) is 30.4 Å². The molecule has 12 N–H and O–H groups in total. The number of aliphatic carboxylic acids is 2. The Morgan fingerprint density at radius 3 is 2.20 bits per heavy atom. The second-order valence-corrected chi connectivity index (χ2v) is 9.62. The number of guanidine groups is 1. The van der Waals surface area contributed by atoms with E-state index in [0.29, 0.717) is 5.56 Å². The van der Waals surface area contributed by atoms with Gasteiger partial charge in [0.05, 0.1) is 6.04 Å². The molecule has 15 nitrogen and oxygen atoms in total. The van der Waals surface area contributed by atoms with Gasteiger partial charge in [0, 0.05) is 42.2 Å². The molecule has 0 bridgehead atoms. The number of nitrogens with two attached hydrogens (primary N) is 3. The van der Waals surface area contributed by atoms with Crippen LogP contribution in [0.3, 0.4) is 0 Å². The number of carbonyl (C=O) groups is 5. The number of hydrogen-bond donors (Lipinski definition) is 10. The number of aromatic nitrogens is 1. The number of aromatic amines is 1. The molecule has 0 spiro atoms. The van der Waals surface area contributed by atoms with Gasteiger partial charge in [0.1, 0.15) is 18.1 Å². The minimum absolute atomic E-state index is 0.0106. The number of thiol groups is 1. The van der Waals surface area contributed by atoms with E-state index in [1.807, 2.05) is 24.3 Å². The summed E-state index contributed by atoms with van der Waals surface area (Å²) < 4.78 is 0. The van der Waals surface area contributed by atoms with Crippen molar-refractivity contribution in [2.75, 3.05) is 12.3 Å². The predicted molar refractivity (Wildman–Crippen MR) is 154 cm³/mol. The number of fused-ring (bicyclic) bond motifs is 1. The molecule has 4 unspecified atom stereocenters. The van der Waals surface area contributed by atoms with Crippen molar-refractivity contribution in [2.24, 2.45) is 22.2 Å². The standard InChI is InChI=1S/C25H36N8O7S/c26-15(7-8-20(34)35)21(36)32-18(10-13-11-30-16-5-2-1-4-14(13)16)22(37)33-19(12-41)23(38)31-17(24(39)40)6-3-9-29-25(27)28/h1-2,4-5,11,15,17-19,30,41H,3,6-10,12,26H2,(H,31,38)(H,32,36)(H,33,37)(H,34,35)(H,39,40)(H4,27,28,29). The Balaban J connectivity index is 2.17. The van der Waals surface area contributed by atoms with Gasteiger partial charge in [-0.2, -0.15) is 12.6 Å². The van der Waals surface area contributed by atoms with Crippen molar-refractivity contribution in [2.45, 2.75) is 56.3 Å². The van der Waals surface area contributed by atoms with Gasteiger partial charge in [-0.25, -0.2) is 4.79 Å². The first-order chi connectivity index (χ1) is 19.4. The first kappa shape index (κ1) is 32.9. The highest BCUT2D eigenvalue weighted by atomic mass is 32.1. The molecule has 0 radical (unpaired) electrons. The van der Waals surface area contributed by atoms with Crippen LogP contribution in [0, 0.1) is 0 Å². The van der Waals surface area contributed by atoms with E-state index in [2.05, 4.69) is 38.6 Å². The Hall–Kier alpha value is -4.31. The fourth-order valence-corrected chi connectivity index (χ4v) is 4.18. The molecular formula is C25H36N8O7S. The lowest BCUT2D eigenvalue weighted by Gasteiger charge is -2.24. The lowest BCUT2D eigenvalue weighted by Crippen LogP contribution is -2.58. The molecule has 2 aromatic rings. The number of amides is 3. The number of benzene rings is 1. The largest absolute Gasteiger partial charge is 0.481 e. The van der Waals surface area contributed by atoms with Crippen LogP contribution in [-0.4, -0.2) is 87.3 Å². The number of nitrogens with zero attached hydrogens (tertiary/aromatic N) is 1. The minimum atomic E-state index is -1.29. The van der Waals surface area contributed by atoms with Crippen molar-refractivity contribution >= 4 is 59.2 Å².